The van der Waals surface area contributed by atoms with Crippen LogP contribution in [-0.4, -0.2) is 5.78 Å². The van der Waals surface area contributed by atoms with E-state index in [0.717, 1.165) is 6.07 Å². The number of Topliss-reactive ketones (excluding diaryl/α,β-unsaturated/α-hetero) is 1. The molecule has 0 radical (unpaired) electrons. The predicted molar refractivity (Wildman–Crippen MR) is 57.7 cm³/mol. The molecule has 0 saturated heterocycles. The van der Waals surface area contributed by atoms with Gasteiger partial charge in [0.05, 0.1) is 5.56 Å². The summed E-state index contributed by atoms with van der Waals surface area (Å²) >= 11 is 0. The molecule has 1 aliphatic carbocycles. The number of carbonyl (C=O) groups is 1. The zero-order chi connectivity index (χ0) is 12.5. The maximum atomic E-state index is 12.8. The molecule has 0 aromatic heterocycles. The molecule has 0 N–H and O–H groups in total. The van der Waals surface area contributed by atoms with Gasteiger partial charge < -0.3 is 0 Å². The minimum atomic E-state index is -4.31. The molecule has 0 unspecified atom stereocenters. The molecule has 1 fully saturated rings. The summed E-state index contributed by atoms with van der Waals surface area (Å²) in [6.07, 6.45) is -2.44. The summed E-state index contributed by atoms with van der Waals surface area (Å²) in [5.74, 6) is 0.0243. The minimum Gasteiger partial charge on any atom is -0.300 e. The number of hydrogen-bond donors (Lipinski definition) is 0. The average Bonchev–Trinajstić information content (AvgIpc) is 2.29. The van der Waals surface area contributed by atoms with Gasteiger partial charge >= 0.3 is 6.18 Å². The Kier molecular flexibility index (Phi) is 3.22. The normalized spacial score (nSPS) is 18.4. The summed E-state index contributed by atoms with van der Waals surface area (Å²) in [5, 5.41) is 0. The van der Waals surface area contributed by atoms with Gasteiger partial charge in [0.15, 0.2) is 0 Å². The molecule has 1 aromatic carbocycles. The molecule has 1 aliphatic rings. The third kappa shape index (κ3) is 2.68. The molecule has 1 nitrogen and oxygen atoms in total. The van der Waals surface area contributed by atoms with Crippen molar-refractivity contribution in [1.82, 2.24) is 0 Å². The summed E-state index contributed by atoms with van der Waals surface area (Å²) in [7, 11) is 0. The Balaban J connectivity index is 2.29. The summed E-state index contributed by atoms with van der Waals surface area (Å²) in [6, 6.07) is 5.68. The van der Waals surface area contributed by atoms with Crippen molar-refractivity contribution in [2.75, 3.05) is 0 Å². The van der Waals surface area contributed by atoms with Gasteiger partial charge in [-0.1, -0.05) is 18.2 Å². The lowest BCUT2D eigenvalue weighted by atomic mass is 9.81. The van der Waals surface area contributed by atoms with Crippen LogP contribution in [-0.2, 0) is 11.0 Å². The van der Waals surface area contributed by atoms with Crippen molar-refractivity contribution < 1.29 is 18.0 Å². The molecule has 2 rings (SSSR count). The van der Waals surface area contributed by atoms with Crippen molar-refractivity contribution in [1.29, 1.82) is 0 Å². The second kappa shape index (κ2) is 4.51. The van der Waals surface area contributed by atoms with E-state index in [1.807, 2.05) is 0 Å². The summed E-state index contributed by atoms with van der Waals surface area (Å²) in [4.78, 5) is 11.1. The standard InChI is InChI=1S/C13H13F3O/c14-13(15,16)12-4-2-1-3-11(12)9-5-7-10(17)8-6-9/h1-4,9H,5-8H2. The van der Waals surface area contributed by atoms with Crippen LogP contribution in [0.25, 0.3) is 0 Å². The molecule has 0 atom stereocenters. The van der Waals surface area contributed by atoms with Gasteiger partial charge in [-0.25, -0.2) is 0 Å². The SMILES string of the molecule is O=C1CCC(c2ccccc2C(F)(F)F)CC1. The van der Waals surface area contributed by atoms with Crippen LogP contribution in [0.3, 0.4) is 0 Å². The molecule has 0 bridgehead atoms. The fraction of sp³-hybridized carbons (Fsp3) is 0.462. The maximum Gasteiger partial charge on any atom is 0.416 e. The Morgan fingerprint density at radius 1 is 1.06 bits per heavy atom. The Hall–Kier alpha value is -1.32. The van der Waals surface area contributed by atoms with Crippen LogP contribution in [0.15, 0.2) is 24.3 Å². The van der Waals surface area contributed by atoms with Gasteiger partial charge in [-0.05, 0) is 30.4 Å². The van der Waals surface area contributed by atoms with E-state index < -0.39 is 11.7 Å². The molecule has 0 spiro atoms. The molecular formula is C13H13F3O. The molecule has 1 saturated carbocycles. The number of carbonyl (C=O) groups excluding carboxylic acids is 1. The molecular weight excluding hydrogens is 229 g/mol. The van der Waals surface area contributed by atoms with Gasteiger partial charge in [-0.15, -0.1) is 0 Å². The Bertz CT molecular complexity index is 413. The van der Waals surface area contributed by atoms with E-state index in [1.165, 1.54) is 12.1 Å². The largest absolute Gasteiger partial charge is 0.416 e. The highest BCUT2D eigenvalue weighted by molar-refractivity contribution is 5.79. The fourth-order valence-electron chi connectivity index (χ4n) is 2.36. The molecule has 92 valence electrons. The zero-order valence-electron chi connectivity index (χ0n) is 9.26. The van der Waals surface area contributed by atoms with E-state index in [4.69, 9.17) is 0 Å². The first kappa shape index (κ1) is 12.1. The molecule has 0 amide bonds. The minimum absolute atomic E-state index is 0.134. The van der Waals surface area contributed by atoms with Gasteiger partial charge in [-0.2, -0.15) is 13.2 Å². The van der Waals surface area contributed by atoms with Crippen molar-refractivity contribution >= 4 is 5.78 Å². The number of alkyl halides is 3. The van der Waals surface area contributed by atoms with Gasteiger partial charge in [0.25, 0.3) is 0 Å². The third-order valence-electron chi connectivity index (χ3n) is 3.25. The average molecular weight is 242 g/mol. The van der Waals surface area contributed by atoms with Crippen molar-refractivity contribution in [2.24, 2.45) is 0 Å². The number of ketones is 1. The highest BCUT2D eigenvalue weighted by atomic mass is 19.4. The van der Waals surface area contributed by atoms with E-state index >= 15 is 0 Å². The van der Waals surface area contributed by atoms with E-state index in [1.54, 1.807) is 6.07 Å². The highest BCUT2D eigenvalue weighted by Gasteiger charge is 2.35. The molecule has 1 aromatic rings. The molecule has 4 heteroatoms. The van der Waals surface area contributed by atoms with Crippen LogP contribution in [0.5, 0.6) is 0 Å². The van der Waals surface area contributed by atoms with Crippen molar-refractivity contribution in [2.45, 2.75) is 37.8 Å². The molecule has 0 heterocycles. The zero-order valence-corrected chi connectivity index (χ0v) is 9.26. The van der Waals surface area contributed by atoms with Gasteiger partial charge in [0, 0.05) is 12.8 Å². The van der Waals surface area contributed by atoms with Crippen LogP contribution in [0.1, 0.15) is 42.7 Å². The maximum absolute atomic E-state index is 12.8. The molecule has 17 heavy (non-hydrogen) atoms. The van der Waals surface area contributed by atoms with Gasteiger partial charge in [0.1, 0.15) is 5.78 Å². The van der Waals surface area contributed by atoms with Crippen LogP contribution in [0, 0.1) is 0 Å². The Morgan fingerprint density at radius 2 is 1.65 bits per heavy atom. The van der Waals surface area contributed by atoms with E-state index in [9.17, 15) is 18.0 Å². The first-order chi connectivity index (χ1) is 7.98. The molecule has 0 aliphatic heterocycles. The van der Waals surface area contributed by atoms with Crippen LogP contribution < -0.4 is 0 Å². The monoisotopic (exact) mass is 242 g/mol. The van der Waals surface area contributed by atoms with Crippen LogP contribution in [0.2, 0.25) is 0 Å². The summed E-state index contributed by atoms with van der Waals surface area (Å²) in [5.41, 5.74) is -0.216. The number of rotatable bonds is 1. The number of halogens is 3. The first-order valence-electron chi connectivity index (χ1n) is 5.66. The van der Waals surface area contributed by atoms with Crippen LogP contribution in [0.4, 0.5) is 13.2 Å². The second-order valence-electron chi connectivity index (χ2n) is 4.40. The van der Waals surface area contributed by atoms with Crippen molar-refractivity contribution in [3.05, 3.63) is 35.4 Å². The lowest BCUT2D eigenvalue weighted by Gasteiger charge is -2.24. The smallest absolute Gasteiger partial charge is 0.300 e. The van der Waals surface area contributed by atoms with Crippen LogP contribution >= 0.6 is 0 Å². The van der Waals surface area contributed by atoms with E-state index in [2.05, 4.69) is 0 Å². The third-order valence-corrected chi connectivity index (χ3v) is 3.25. The topological polar surface area (TPSA) is 17.1 Å². The lowest BCUT2D eigenvalue weighted by molar-refractivity contribution is -0.138. The van der Waals surface area contributed by atoms with Crippen molar-refractivity contribution in [3.8, 4) is 0 Å². The summed E-state index contributed by atoms with van der Waals surface area (Å²) < 4.78 is 38.4. The number of hydrogen-bond acceptors (Lipinski definition) is 1. The number of benzene rings is 1. The fourth-order valence-corrected chi connectivity index (χ4v) is 2.36. The van der Waals surface area contributed by atoms with Gasteiger partial charge in [-0.3, -0.25) is 4.79 Å². The second-order valence-corrected chi connectivity index (χ2v) is 4.40. The quantitative estimate of drug-likeness (QED) is 0.729. The van der Waals surface area contributed by atoms with Crippen molar-refractivity contribution in [3.63, 3.8) is 0 Å². The lowest BCUT2D eigenvalue weighted by Crippen LogP contribution is -2.17. The highest BCUT2D eigenvalue weighted by Crippen LogP contribution is 2.39. The first-order valence-corrected chi connectivity index (χ1v) is 5.66. The Labute approximate surface area is 97.6 Å². The Morgan fingerprint density at radius 3 is 2.24 bits per heavy atom. The van der Waals surface area contributed by atoms with E-state index in [0.29, 0.717) is 31.2 Å². The summed E-state index contributed by atoms with van der Waals surface area (Å²) in [6.45, 7) is 0. The van der Waals surface area contributed by atoms with Gasteiger partial charge in [0.2, 0.25) is 0 Å². The predicted octanol–water partition coefficient (Wildman–Crippen LogP) is 3.93. The van der Waals surface area contributed by atoms with E-state index in [-0.39, 0.29) is 11.7 Å².